The van der Waals surface area contributed by atoms with Crippen LogP contribution in [0.5, 0.6) is 0 Å². The molecule has 1 aliphatic rings. The number of anilines is 1. The number of urea groups is 1. The molecular formula is C12H18N6O3. The first-order valence-electron chi connectivity index (χ1n) is 6.63. The summed E-state index contributed by atoms with van der Waals surface area (Å²) in [5, 5.41) is 10.1. The van der Waals surface area contributed by atoms with Crippen molar-refractivity contribution in [3.63, 3.8) is 0 Å². The van der Waals surface area contributed by atoms with E-state index in [-0.39, 0.29) is 30.1 Å². The molecule has 0 spiro atoms. The van der Waals surface area contributed by atoms with E-state index in [0.717, 1.165) is 0 Å². The zero-order chi connectivity index (χ0) is 15.4. The van der Waals surface area contributed by atoms with Gasteiger partial charge in [-0.2, -0.15) is 0 Å². The predicted octanol–water partition coefficient (Wildman–Crippen LogP) is -0.437. The molecule has 0 aromatic carbocycles. The molecule has 2 heterocycles. The second kappa shape index (κ2) is 6.33. The van der Waals surface area contributed by atoms with Crippen LogP contribution < -0.4 is 5.32 Å². The maximum Gasteiger partial charge on any atom is 0.322 e. The fraction of sp³-hybridized carbons (Fsp3) is 0.583. The Bertz CT molecular complexity index is 543. The third-order valence-corrected chi connectivity index (χ3v) is 3.15. The van der Waals surface area contributed by atoms with Gasteiger partial charge in [-0.15, -0.1) is 5.10 Å². The Labute approximate surface area is 121 Å². The van der Waals surface area contributed by atoms with E-state index in [0.29, 0.717) is 25.9 Å². The number of ketones is 1. The van der Waals surface area contributed by atoms with Crippen molar-refractivity contribution in [3.8, 4) is 0 Å². The van der Waals surface area contributed by atoms with Crippen LogP contribution in [0.1, 0.15) is 12.8 Å². The van der Waals surface area contributed by atoms with Crippen molar-refractivity contribution < 1.29 is 14.4 Å². The van der Waals surface area contributed by atoms with Crippen molar-refractivity contribution >= 4 is 23.5 Å². The first-order valence-corrected chi connectivity index (χ1v) is 6.63. The summed E-state index contributed by atoms with van der Waals surface area (Å²) < 4.78 is 1.37. The molecule has 114 valence electrons. The van der Waals surface area contributed by atoms with Crippen molar-refractivity contribution in [2.75, 3.05) is 32.5 Å². The second-order valence-corrected chi connectivity index (χ2v) is 5.05. The number of nitrogens with one attached hydrogen (secondary N) is 1. The summed E-state index contributed by atoms with van der Waals surface area (Å²) >= 11 is 0. The first kappa shape index (κ1) is 14.9. The number of nitrogens with zero attached hydrogens (tertiary/aromatic N) is 5. The number of amides is 3. The number of piperidine rings is 1. The predicted molar refractivity (Wildman–Crippen MR) is 73.5 cm³/mol. The molecular weight excluding hydrogens is 276 g/mol. The van der Waals surface area contributed by atoms with E-state index < -0.39 is 0 Å². The van der Waals surface area contributed by atoms with Gasteiger partial charge in [-0.3, -0.25) is 14.9 Å². The standard InChI is InChI=1S/C12H18N6O3/c1-16(2)12(21)13-10-7-18(15-14-10)8-11(20)17-5-3-9(19)4-6-17/h7H,3-6,8H2,1-2H3,(H,13,21). The van der Waals surface area contributed by atoms with Crippen LogP contribution in [0.4, 0.5) is 10.6 Å². The highest BCUT2D eigenvalue weighted by atomic mass is 16.2. The Morgan fingerprint density at radius 1 is 1.33 bits per heavy atom. The number of hydrogen-bond acceptors (Lipinski definition) is 5. The lowest BCUT2D eigenvalue weighted by Crippen LogP contribution is -2.40. The fourth-order valence-corrected chi connectivity index (χ4v) is 1.90. The molecule has 0 saturated carbocycles. The Morgan fingerprint density at radius 3 is 2.62 bits per heavy atom. The number of carbonyl (C=O) groups is 3. The lowest BCUT2D eigenvalue weighted by molar-refractivity contribution is -0.135. The van der Waals surface area contributed by atoms with Gasteiger partial charge in [0.2, 0.25) is 5.91 Å². The normalized spacial score (nSPS) is 15.0. The molecule has 1 fully saturated rings. The van der Waals surface area contributed by atoms with Crippen molar-refractivity contribution in [2.24, 2.45) is 0 Å². The number of carbonyl (C=O) groups excluding carboxylic acids is 3. The van der Waals surface area contributed by atoms with E-state index >= 15 is 0 Å². The van der Waals surface area contributed by atoms with Crippen LogP contribution in [0.15, 0.2) is 6.20 Å². The van der Waals surface area contributed by atoms with E-state index in [4.69, 9.17) is 0 Å². The molecule has 9 heteroatoms. The van der Waals surface area contributed by atoms with Gasteiger partial charge in [-0.1, -0.05) is 5.21 Å². The minimum absolute atomic E-state index is 0.0407. The molecule has 1 N–H and O–H groups in total. The quantitative estimate of drug-likeness (QED) is 0.814. The number of rotatable bonds is 3. The number of hydrogen-bond donors (Lipinski definition) is 1. The molecule has 9 nitrogen and oxygen atoms in total. The Morgan fingerprint density at radius 2 is 2.00 bits per heavy atom. The Balaban J connectivity index is 1.88. The van der Waals surface area contributed by atoms with Crippen LogP contribution >= 0.6 is 0 Å². The average Bonchev–Trinajstić information content (AvgIpc) is 2.86. The number of Topliss-reactive ketones (excluding diaryl/α,β-unsaturated/α-hetero) is 1. The summed E-state index contributed by atoms with van der Waals surface area (Å²) in [6, 6.07) is -0.317. The maximum absolute atomic E-state index is 12.0. The van der Waals surface area contributed by atoms with Crippen molar-refractivity contribution in [1.82, 2.24) is 24.8 Å². The van der Waals surface area contributed by atoms with E-state index in [9.17, 15) is 14.4 Å². The highest BCUT2D eigenvalue weighted by Crippen LogP contribution is 2.07. The summed E-state index contributed by atoms with van der Waals surface area (Å²) in [7, 11) is 3.22. The first-order chi connectivity index (χ1) is 9.95. The van der Waals surface area contributed by atoms with E-state index in [1.165, 1.54) is 15.8 Å². The number of likely N-dealkylation sites (tertiary alicyclic amines) is 1. The average molecular weight is 294 g/mol. The van der Waals surface area contributed by atoms with Gasteiger partial charge >= 0.3 is 6.03 Å². The molecule has 2 rings (SSSR count). The number of aromatic nitrogens is 3. The highest BCUT2D eigenvalue weighted by Gasteiger charge is 2.21. The third-order valence-electron chi connectivity index (χ3n) is 3.15. The minimum Gasteiger partial charge on any atom is -0.340 e. The fourth-order valence-electron chi connectivity index (χ4n) is 1.90. The van der Waals surface area contributed by atoms with Gasteiger partial charge in [0.25, 0.3) is 0 Å². The van der Waals surface area contributed by atoms with E-state index in [2.05, 4.69) is 15.6 Å². The van der Waals surface area contributed by atoms with Crippen molar-refractivity contribution in [1.29, 1.82) is 0 Å². The van der Waals surface area contributed by atoms with Gasteiger partial charge in [0.15, 0.2) is 5.82 Å². The monoisotopic (exact) mass is 294 g/mol. The summed E-state index contributed by atoms with van der Waals surface area (Å²) in [4.78, 5) is 37.6. The van der Waals surface area contributed by atoms with Gasteiger partial charge in [-0.25, -0.2) is 9.48 Å². The molecule has 0 bridgehead atoms. The van der Waals surface area contributed by atoms with E-state index in [1.807, 2.05) is 0 Å². The molecule has 1 aromatic heterocycles. The molecule has 1 saturated heterocycles. The third kappa shape index (κ3) is 4.01. The smallest absolute Gasteiger partial charge is 0.322 e. The van der Waals surface area contributed by atoms with Crippen LogP contribution in [0, 0.1) is 0 Å². The van der Waals surface area contributed by atoms with Gasteiger partial charge in [0, 0.05) is 40.0 Å². The SMILES string of the molecule is CN(C)C(=O)Nc1cn(CC(=O)N2CCC(=O)CC2)nn1. The van der Waals surface area contributed by atoms with Crippen LogP contribution in [-0.4, -0.2) is 69.7 Å². The van der Waals surface area contributed by atoms with Gasteiger partial charge in [0.05, 0.1) is 6.20 Å². The van der Waals surface area contributed by atoms with Gasteiger partial charge in [0.1, 0.15) is 12.3 Å². The lowest BCUT2D eigenvalue weighted by atomic mass is 10.1. The molecule has 21 heavy (non-hydrogen) atoms. The van der Waals surface area contributed by atoms with Crippen LogP contribution in [0.25, 0.3) is 0 Å². The zero-order valence-corrected chi connectivity index (χ0v) is 12.1. The summed E-state index contributed by atoms with van der Waals surface area (Å²) in [6.45, 7) is 0.951. The Hall–Kier alpha value is -2.45. The topological polar surface area (TPSA) is 100 Å². The summed E-state index contributed by atoms with van der Waals surface area (Å²) in [6.07, 6.45) is 2.31. The maximum atomic E-state index is 12.0. The minimum atomic E-state index is -0.317. The van der Waals surface area contributed by atoms with E-state index in [1.54, 1.807) is 19.0 Å². The molecule has 0 aliphatic carbocycles. The molecule has 0 radical (unpaired) electrons. The molecule has 0 unspecified atom stereocenters. The molecule has 1 aromatic rings. The van der Waals surface area contributed by atoms with Gasteiger partial charge < -0.3 is 9.80 Å². The largest absolute Gasteiger partial charge is 0.340 e. The molecule has 3 amide bonds. The lowest BCUT2D eigenvalue weighted by Gasteiger charge is -2.25. The van der Waals surface area contributed by atoms with Crippen LogP contribution in [-0.2, 0) is 16.1 Å². The zero-order valence-electron chi connectivity index (χ0n) is 12.1. The van der Waals surface area contributed by atoms with Crippen molar-refractivity contribution in [2.45, 2.75) is 19.4 Å². The van der Waals surface area contributed by atoms with Gasteiger partial charge in [-0.05, 0) is 0 Å². The summed E-state index contributed by atoms with van der Waals surface area (Å²) in [5.41, 5.74) is 0. The van der Waals surface area contributed by atoms with Crippen LogP contribution in [0.2, 0.25) is 0 Å². The van der Waals surface area contributed by atoms with Crippen LogP contribution in [0.3, 0.4) is 0 Å². The summed E-state index contributed by atoms with van der Waals surface area (Å²) in [5.74, 6) is 0.363. The molecule has 0 atom stereocenters. The van der Waals surface area contributed by atoms with Crippen molar-refractivity contribution in [3.05, 3.63) is 6.20 Å². The highest BCUT2D eigenvalue weighted by molar-refractivity contribution is 5.87. The Kier molecular flexibility index (Phi) is 4.51. The molecule has 1 aliphatic heterocycles. The second-order valence-electron chi connectivity index (χ2n) is 5.05.